The van der Waals surface area contributed by atoms with Crippen LogP contribution >= 0.6 is 0 Å². The maximum Gasteiger partial charge on any atom is 0.126 e. The van der Waals surface area contributed by atoms with Crippen molar-refractivity contribution >= 4 is 0 Å². The highest BCUT2D eigenvalue weighted by Gasteiger charge is 2.08. The summed E-state index contributed by atoms with van der Waals surface area (Å²) in [6, 6.07) is 5.55. The molecule has 0 aliphatic carbocycles. The number of hydrogen-bond donors (Lipinski definition) is 0. The van der Waals surface area contributed by atoms with E-state index in [2.05, 4.69) is 45.9 Å². The van der Waals surface area contributed by atoms with E-state index in [9.17, 15) is 4.39 Å². The van der Waals surface area contributed by atoms with Crippen LogP contribution in [0.5, 0.6) is 0 Å². The molecule has 0 N–H and O–H groups in total. The average molecular weight is 288 g/mol. The minimum Gasteiger partial charge on any atom is -0.207 e. The maximum atomic E-state index is 14.0. The quantitative estimate of drug-likeness (QED) is 0.520. The summed E-state index contributed by atoms with van der Waals surface area (Å²) >= 11 is 0. The van der Waals surface area contributed by atoms with E-state index in [1.165, 1.54) is 5.57 Å². The van der Waals surface area contributed by atoms with Crippen molar-refractivity contribution < 1.29 is 4.39 Å². The van der Waals surface area contributed by atoms with Crippen LogP contribution in [0.4, 0.5) is 4.39 Å². The van der Waals surface area contributed by atoms with Gasteiger partial charge in [0.15, 0.2) is 0 Å². The number of benzene rings is 1. The third-order valence-electron chi connectivity index (χ3n) is 3.60. The minimum atomic E-state index is -0.0776. The second kappa shape index (κ2) is 8.81. The van der Waals surface area contributed by atoms with Gasteiger partial charge < -0.3 is 0 Å². The van der Waals surface area contributed by atoms with Gasteiger partial charge in [0.2, 0.25) is 0 Å². The SMILES string of the molecule is C/C=C/[C@H](C)C/C=C(/Cc1ccc(C)cc1F)CC(C)C. The number of hydrogen-bond acceptors (Lipinski definition) is 0. The van der Waals surface area contributed by atoms with Gasteiger partial charge in [0.1, 0.15) is 5.82 Å². The third-order valence-corrected chi connectivity index (χ3v) is 3.60. The molecule has 1 atom stereocenters. The first-order valence-corrected chi connectivity index (χ1v) is 7.98. The highest BCUT2D eigenvalue weighted by molar-refractivity contribution is 5.27. The van der Waals surface area contributed by atoms with Gasteiger partial charge in [0, 0.05) is 0 Å². The Morgan fingerprint density at radius 1 is 1.24 bits per heavy atom. The minimum absolute atomic E-state index is 0.0776. The lowest BCUT2D eigenvalue weighted by Gasteiger charge is -2.13. The zero-order valence-electron chi connectivity index (χ0n) is 14.1. The molecule has 0 aliphatic heterocycles. The van der Waals surface area contributed by atoms with Gasteiger partial charge in [-0.3, -0.25) is 0 Å². The Labute approximate surface area is 129 Å². The molecule has 0 saturated heterocycles. The number of allylic oxidation sites excluding steroid dienone is 4. The topological polar surface area (TPSA) is 0 Å². The monoisotopic (exact) mass is 288 g/mol. The van der Waals surface area contributed by atoms with Crippen LogP contribution in [0.15, 0.2) is 42.0 Å². The average Bonchev–Trinajstić information content (AvgIpc) is 2.39. The Hall–Kier alpha value is -1.37. The molecule has 0 aromatic heterocycles. The van der Waals surface area contributed by atoms with Crippen LogP contribution in [0.2, 0.25) is 0 Å². The fourth-order valence-corrected chi connectivity index (χ4v) is 2.55. The zero-order chi connectivity index (χ0) is 15.8. The van der Waals surface area contributed by atoms with E-state index in [0.717, 1.165) is 30.4 Å². The summed E-state index contributed by atoms with van der Waals surface area (Å²) in [6.45, 7) is 10.6. The van der Waals surface area contributed by atoms with Gasteiger partial charge in [-0.1, -0.05) is 56.7 Å². The molecule has 21 heavy (non-hydrogen) atoms. The van der Waals surface area contributed by atoms with Gasteiger partial charge >= 0.3 is 0 Å². The molecule has 0 bridgehead atoms. The first-order chi connectivity index (χ1) is 9.92. The molecule has 116 valence electrons. The smallest absolute Gasteiger partial charge is 0.126 e. The molecular weight excluding hydrogens is 259 g/mol. The van der Waals surface area contributed by atoms with Crippen LogP contribution in [0.25, 0.3) is 0 Å². The van der Waals surface area contributed by atoms with Crippen molar-refractivity contribution in [2.24, 2.45) is 11.8 Å². The maximum absolute atomic E-state index is 14.0. The van der Waals surface area contributed by atoms with E-state index >= 15 is 0 Å². The molecule has 0 saturated carbocycles. The lowest BCUT2D eigenvalue weighted by atomic mass is 9.93. The molecule has 0 fully saturated rings. The first-order valence-electron chi connectivity index (χ1n) is 7.98. The summed E-state index contributed by atoms with van der Waals surface area (Å²) in [5, 5.41) is 0. The number of aryl methyl sites for hydroxylation is 1. The van der Waals surface area contributed by atoms with Crippen LogP contribution in [0.1, 0.15) is 51.7 Å². The van der Waals surface area contributed by atoms with E-state index < -0.39 is 0 Å². The van der Waals surface area contributed by atoms with Gasteiger partial charge in [-0.15, -0.1) is 0 Å². The summed E-state index contributed by atoms with van der Waals surface area (Å²) < 4.78 is 14.0. The Balaban J connectivity index is 2.84. The zero-order valence-corrected chi connectivity index (χ0v) is 14.1. The molecular formula is C20H29F. The first kappa shape index (κ1) is 17.7. The van der Waals surface area contributed by atoms with Gasteiger partial charge in [-0.25, -0.2) is 4.39 Å². The van der Waals surface area contributed by atoms with Crippen LogP contribution in [-0.2, 0) is 6.42 Å². The largest absolute Gasteiger partial charge is 0.207 e. The lowest BCUT2D eigenvalue weighted by Crippen LogP contribution is -2.00. The highest BCUT2D eigenvalue weighted by Crippen LogP contribution is 2.21. The van der Waals surface area contributed by atoms with Gasteiger partial charge in [0.05, 0.1) is 0 Å². The van der Waals surface area contributed by atoms with Crippen LogP contribution in [0, 0.1) is 24.6 Å². The summed E-state index contributed by atoms with van der Waals surface area (Å²) in [5.74, 6) is 1.06. The van der Waals surface area contributed by atoms with Crippen LogP contribution in [-0.4, -0.2) is 0 Å². The standard InChI is InChI=1S/C20H29F/c1-6-7-16(4)8-10-18(12-15(2)3)14-19-11-9-17(5)13-20(19)21/h6-7,9-11,13,15-16H,8,12,14H2,1-5H3/b7-6+,18-10+/t16-/m0/s1. The Morgan fingerprint density at radius 3 is 2.52 bits per heavy atom. The molecule has 1 aromatic rings. The molecule has 1 heteroatoms. The summed E-state index contributed by atoms with van der Waals surface area (Å²) in [5.41, 5.74) is 3.14. The molecule has 1 aromatic carbocycles. The fourth-order valence-electron chi connectivity index (χ4n) is 2.55. The molecule has 0 amide bonds. The van der Waals surface area contributed by atoms with Crippen LogP contribution in [0.3, 0.4) is 0 Å². The predicted molar refractivity (Wildman–Crippen MR) is 91.0 cm³/mol. The van der Waals surface area contributed by atoms with E-state index in [4.69, 9.17) is 0 Å². The molecule has 0 unspecified atom stereocenters. The van der Waals surface area contributed by atoms with Crippen molar-refractivity contribution in [1.82, 2.24) is 0 Å². The van der Waals surface area contributed by atoms with Gasteiger partial charge in [-0.2, -0.15) is 0 Å². The highest BCUT2D eigenvalue weighted by atomic mass is 19.1. The molecule has 0 aliphatic rings. The van der Waals surface area contributed by atoms with Crippen molar-refractivity contribution in [2.75, 3.05) is 0 Å². The van der Waals surface area contributed by atoms with E-state index in [-0.39, 0.29) is 5.82 Å². The number of rotatable bonds is 7. The van der Waals surface area contributed by atoms with Crippen molar-refractivity contribution in [1.29, 1.82) is 0 Å². The van der Waals surface area contributed by atoms with E-state index in [1.807, 2.05) is 19.1 Å². The second-order valence-corrected chi connectivity index (χ2v) is 6.47. The number of halogens is 1. The Morgan fingerprint density at radius 2 is 1.95 bits per heavy atom. The molecule has 0 nitrogen and oxygen atoms in total. The predicted octanol–water partition coefficient (Wildman–Crippen LogP) is 6.25. The molecule has 0 radical (unpaired) electrons. The normalized spacial score (nSPS) is 14.1. The van der Waals surface area contributed by atoms with Crippen molar-refractivity contribution in [3.05, 3.63) is 58.9 Å². The summed E-state index contributed by atoms with van der Waals surface area (Å²) in [4.78, 5) is 0. The van der Waals surface area contributed by atoms with E-state index in [0.29, 0.717) is 11.8 Å². The van der Waals surface area contributed by atoms with Crippen LogP contribution < -0.4 is 0 Å². The Bertz CT molecular complexity index is 495. The Kier molecular flexibility index (Phi) is 7.42. The fraction of sp³-hybridized carbons (Fsp3) is 0.500. The van der Waals surface area contributed by atoms with Crippen molar-refractivity contribution in [3.63, 3.8) is 0 Å². The summed E-state index contributed by atoms with van der Waals surface area (Å²) in [7, 11) is 0. The molecule has 0 heterocycles. The van der Waals surface area contributed by atoms with Gasteiger partial charge in [-0.05, 0) is 62.1 Å². The third kappa shape index (κ3) is 6.75. The lowest BCUT2D eigenvalue weighted by molar-refractivity contribution is 0.597. The van der Waals surface area contributed by atoms with Gasteiger partial charge in [0.25, 0.3) is 0 Å². The molecule has 1 rings (SSSR count). The molecule has 0 spiro atoms. The van der Waals surface area contributed by atoms with Crippen molar-refractivity contribution in [3.8, 4) is 0 Å². The second-order valence-electron chi connectivity index (χ2n) is 6.47. The summed E-state index contributed by atoms with van der Waals surface area (Å²) in [6.07, 6.45) is 9.42. The van der Waals surface area contributed by atoms with E-state index in [1.54, 1.807) is 6.07 Å². The van der Waals surface area contributed by atoms with Crippen molar-refractivity contribution in [2.45, 2.75) is 53.9 Å².